The van der Waals surface area contributed by atoms with Gasteiger partial charge in [0, 0.05) is 44.1 Å². The normalized spacial score (nSPS) is 11.5. The molecule has 17 heavy (non-hydrogen) atoms. The summed E-state index contributed by atoms with van der Waals surface area (Å²) in [6, 6.07) is 6.32. The summed E-state index contributed by atoms with van der Waals surface area (Å²) in [6.07, 6.45) is 7.18. The Hall–Kier alpha value is -2.07. The molecule has 0 bridgehead atoms. The number of hydrogen-bond acceptors (Lipinski definition) is 4. The number of thiophene rings is 1. The van der Waals surface area contributed by atoms with Crippen molar-refractivity contribution >= 4 is 42.4 Å². The van der Waals surface area contributed by atoms with E-state index in [4.69, 9.17) is 0 Å². The van der Waals surface area contributed by atoms with Crippen LogP contribution in [0.4, 0.5) is 0 Å². The van der Waals surface area contributed by atoms with Crippen LogP contribution in [0, 0.1) is 0 Å². The van der Waals surface area contributed by atoms with Crippen molar-refractivity contribution in [2.75, 3.05) is 0 Å². The lowest BCUT2D eigenvalue weighted by atomic mass is 10.1. The first-order valence-electron chi connectivity index (χ1n) is 5.28. The van der Waals surface area contributed by atoms with Crippen LogP contribution in [0.3, 0.4) is 0 Å². The molecule has 0 saturated carbocycles. The molecule has 0 spiro atoms. The molecule has 0 atom stereocenters. The summed E-state index contributed by atoms with van der Waals surface area (Å²) in [7, 11) is 0. The van der Waals surface area contributed by atoms with Crippen molar-refractivity contribution in [2.24, 2.45) is 0 Å². The van der Waals surface area contributed by atoms with E-state index < -0.39 is 0 Å². The Kier molecular flexibility index (Phi) is 1.70. The monoisotopic (exact) mass is 237 g/mol. The topological polar surface area (TPSA) is 38.7 Å². The van der Waals surface area contributed by atoms with Crippen molar-refractivity contribution in [1.82, 2.24) is 15.0 Å². The second-order valence-electron chi connectivity index (χ2n) is 3.90. The number of nitrogens with zero attached hydrogens (tertiary/aromatic N) is 3. The molecule has 0 radical (unpaired) electrons. The summed E-state index contributed by atoms with van der Waals surface area (Å²) >= 11 is 1.78. The van der Waals surface area contributed by atoms with Crippen LogP contribution in [-0.2, 0) is 0 Å². The van der Waals surface area contributed by atoms with Crippen molar-refractivity contribution in [1.29, 1.82) is 0 Å². The van der Waals surface area contributed by atoms with E-state index in [1.54, 1.807) is 17.7 Å². The Morgan fingerprint density at radius 3 is 2.94 bits per heavy atom. The Morgan fingerprint density at radius 1 is 0.941 bits per heavy atom. The van der Waals surface area contributed by atoms with E-state index >= 15 is 0 Å². The van der Waals surface area contributed by atoms with Gasteiger partial charge in [0.1, 0.15) is 6.33 Å². The third kappa shape index (κ3) is 1.24. The highest BCUT2D eigenvalue weighted by Gasteiger charge is 2.06. The first kappa shape index (κ1) is 9.01. The fourth-order valence-corrected chi connectivity index (χ4v) is 3.20. The minimum Gasteiger partial charge on any atom is -0.264 e. The number of fused-ring (bicyclic) bond motifs is 4. The molecule has 3 heterocycles. The van der Waals surface area contributed by atoms with Crippen LogP contribution < -0.4 is 0 Å². The van der Waals surface area contributed by atoms with Crippen LogP contribution in [0.5, 0.6) is 0 Å². The molecule has 0 fully saturated rings. The van der Waals surface area contributed by atoms with Gasteiger partial charge in [-0.05, 0) is 18.2 Å². The lowest BCUT2D eigenvalue weighted by Crippen LogP contribution is -1.79. The lowest BCUT2D eigenvalue weighted by molar-refractivity contribution is 1.22. The minimum atomic E-state index is 0.982. The molecule has 4 aromatic rings. The standard InChI is InChI=1S/C13H7N3S/c1-2-14-6-10-9-4-11-8(5-15-7-16-11)3-13(9)17-12(1)10/h1-7H. The molecule has 4 rings (SSSR count). The van der Waals surface area contributed by atoms with Crippen molar-refractivity contribution in [3.05, 3.63) is 43.1 Å². The number of aromatic nitrogens is 3. The maximum atomic E-state index is 4.29. The third-order valence-electron chi connectivity index (χ3n) is 2.90. The first-order chi connectivity index (χ1) is 8.42. The minimum absolute atomic E-state index is 0.982. The summed E-state index contributed by atoms with van der Waals surface area (Å²) in [4.78, 5) is 12.5. The fraction of sp³-hybridized carbons (Fsp3) is 0. The second kappa shape index (κ2) is 3.21. The molecular formula is C13H7N3S. The van der Waals surface area contributed by atoms with Gasteiger partial charge in [0.05, 0.1) is 5.52 Å². The van der Waals surface area contributed by atoms with Crippen molar-refractivity contribution in [3.8, 4) is 0 Å². The van der Waals surface area contributed by atoms with E-state index in [-0.39, 0.29) is 0 Å². The molecule has 3 aromatic heterocycles. The van der Waals surface area contributed by atoms with Gasteiger partial charge in [-0.25, -0.2) is 9.97 Å². The summed E-state index contributed by atoms with van der Waals surface area (Å²) in [5.74, 6) is 0. The van der Waals surface area contributed by atoms with Crippen LogP contribution >= 0.6 is 11.3 Å². The van der Waals surface area contributed by atoms with E-state index in [2.05, 4.69) is 33.2 Å². The Balaban J connectivity index is 2.28. The molecule has 0 aliphatic heterocycles. The van der Waals surface area contributed by atoms with Crippen LogP contribution in [0.1, 0.15) is 0 Å². The summed E-state index contributed by atoms with van der Waals surface area (Å²) < 4.78 is 2.52. The molecule has 0 aliphatic rings. The van der Waals surface area contributed by atoms with E-state index in [1.807, 2.05) is 18.6 Å². The number of benzene rings is 1. The van der Waals surface area contributed by atoms with Crippen LogP contribution in [0.25, 0.3) is 31.1 Å². The highest BCUT2D eigenvalue weighted by atomic mass is 32.1. The van der Waals surface area contributed by atoms with E-state index in [1.165, 1.54) is 20.2 Å². The predicted molar refractivity (Wildman–Crippen MR) is 70.2 cm³/mol. The second-order valence-corrected chi connectivity index (χ2v) is 4.99. The van der Waals surface area contributed by atoms with Crippen molar-refractivity contribution < 1.29 is 0 Å². The van der Waals surface area contributed by atoms with Gasteiger partial charge in [0.15, 0.2) is 0 Å². The van der Waals surface area contributed by atoms with E-state index in [0.29, 0.717) is 0 Å². The maximum absolute atomic E-state index is 4.29. The molecule has 0 aliphatic carbocycles. The molecule has 4 heteroatoms. The molecule has 0 amide bonds. The Bertz CT molecular complexity index is 845. The maximum Gasteiger partial charge on any atom is 0.116 e. The summed E-state index contributed by atoms with van der Waals surface area (Å²) in [5, 5.41) is 3.51. The summed E-state index contributed by atoms with van der Waals surface area (Å²) in [6.45, 7) is 0. The van der Waals surface area contributed by atoms with Gasteiger partial charge in [-0.3, -0.25) is 4.98 Å². The molecule has 0 saturated heterocycles. The highest BCUT2D eigenvalue weighted by Crippen LogP contribution is 2.34. The average molecular weight is 237 g/mol. The SMILES string of the molecule is c1cc2sc3cc4cncnc4cc3c2cn1. The van der Waals surface area contributed by atoms with Crippen molar-refractivity contribution in [3.63, 3.8) is 0 Å². The van der Waals surface area contributed by atoms with Gasteiger partial charge in [-0.15, -0.1) is 11.3 Å². The van der Waals surface area contributed by atoms with Gasteiger partial charge in [0.25, 0.3) is 0 Å². The molecule has 0 unspecified atom stereocenters. The zero-order valence-corrected chi connectivity index (χ0v) is 9.61. The Morgan fingerprint density at radius 2 is 1.94 bits per heavy atom. The smallest absolute Gasteiger partial charge is 0.116 e. The lowest BCUT2D eigenvalue weighted by Gasteiger charge is -1.96. The van der Waals surface area contributed by atoms with Crippen LogP contribution in [0.15, 0.2) is 43.1 Å². The first-order valence-corrected chi connectivity index (χ1v) is 6.09. The van der Waals surface area contributed by atoms with E-state index in [9.17, 15) is 0 Å². The van der Waals surface area contributed by atoms with Gasteiger partial charge in [0.2, 0.25) is 0 Å². The molecular weight excluding hydrogens is 230 g/mol. The number of rotatable bonds is 0. The molecule has 80 valence electrons. The highest BCUT2D eigenvalue weighted by molar-refractivity contribution is 7.25. The quantitative estimate of drug-likeness (QED) is 0.470. The van der Waals surface area contributed by atoms with Crippen LogP contribution in [0.2, 0.25) is 0 Å². The fourth-order valence-electron chi connectivity index (χ4n) is 2.09. The zero-order chi connectivity index (χ0) is 11.2. The summed E-state index contributed by atoms with van der Waals surface area (Å²) in [5.41, 5.74) is 0.982. The van der Waals surface area contributed by atoms with Gasteiger partial charge >= 0.3 is 0 Å². The van der Waals surface area contributed by atoms with Gasteiger partial charge in [-0.1, -0.05) is 0 Å². The van der Waals surface area contributed by atoms with Gasteiger partial charge in [-0.2, -0.15) is 0 Å². The Labute approximate surface area is 101 Å². The number of hydrogen-bond donors (Lipinski definition) is 0. The molecule has 1 aromatic carbocycles. The largest absolute Gasteiger partial charge is 0.264 e. The number of pyridine rings is 1. The van der Waals surface area contributed by atoms with E-state index in [0.717, 1.165) is 10.9 Å². The average Bonchev–Trinajstić information content (AvgIpc) is 2.73. The molecule has 0 N–H and O–H groups in total. The van der Waals surface area contributed by atoms with Gasteiger partial charge < -0.3 is 0 Å². The van der Waals surface area contributed by atoms with Crippen LogP contribution in [-0.4, -0.2) is 15.0 Å². The zero-order valence-electron chi connectivity index (χ0n) is 8.79. The molecule has 3 nitrogen and oxygen atoms in total. The third-order valence-corrected chi connectivity index (χ3v) is 4.03. The predicted octanol–water partition coefficient (Wildman–Crippen LogP) is 3.39. The van der Waals surface area contributed by atoms with Crippen molar-refractivity contribution in [2.45, 2.75) is 0 Å².